The van der Waals surface area contributed by atoms with E-state index in [0.29, 0.717) is 29.6 Å². The lowest BCUT2D eigenvalue weighted by molar-refractivity contribution is 0.208. The average Bonchev–Trinajstić information content (AvgIpc) is 3.41. The summed E-state index contributed by atoms with van der Waals surface area (Å²) in [4.78, 5) is 32.9. The Hall–Kier alpha value is -3.29. The van der Waals surface area contributed by atoms with E-state index in [4.69, 9.17) is 16.3 Å². The molecule has 6 rings (SSSR count). The monoisotopic (exact) mass is 560 g/mol. The van der Waals surface area contributed by atoms with E-state index in [-0.39, 0.29) is 11.2 Å². The van der Waals surface area contributed by atoms with Gasteiger partial charge in [-0.15, -0.1) is 0 Å². The zero-order valence-electron chi connectivity index (χ0n) is 23.1. The van der Waals surface area contributed by atoms with E-state index in [1.165, 1.54) is 15.5 Å². The number of aromatic nitrogens is 3. The molecule has 2 aliphatic heterocycles. The van der Waals surface area contributed by atoms with Crippen molar-refractivity contribution in [1.29, 1.82) is 0 Å². The molecule has 0 atom stereocenters. The summed E-state index contributed by atoms with van der Waals surface area (Å²) in [5.41, 5.74) is 4.59. The van der Waals surface area contributed by atoms with E-state index in [1.54, 1.807) is 7.11 Å². The summed E-state index contributed by atoms with van der Waals surface area (Å²) in [6, 6.07) is 13.6. The molecular formula is C32H37ClN4O3. The van der Waals surface area contributed by atoms with Crippen LogP contribution in [-0.4, -0.2) is 45.8 Å². The third-order valence-corrected chi connectivity index (χ3v) is 9.02. The Balaban J connectivity index is 1.09. The summed E-state index contributed by atoms with van der Waals surface area (Å²) in [5, 5.41) is 1.90. The zero-order valence-corrected chi connectivity index (χ0v) is 23.9. The Morgan fingerprint density at radius 3 is 2.52 bits per heavy atom. The maximum absolute atomic E-state index is 13.6. The number of methoxy groups -OCH3 is 1. The molecule has 0 bridgehead atoms. The number of rotatable bonds is 8. The topological polar surface area (TPSA) is 72.3 Å². The number of benzene rings is 2. The highest BCUT2D eigenvalue weighted by molar-refractivity contribution is 6.30. The third-order valence-electron chi connectivity index (χ3n) is 8.77. The number of halogens is 1. The van der Waals surface area contributed by atoms with Gasteiger partial charge in [0.25, 0.3) is 5.56 Å². The lowest BCUT2D eigenvalue weighted by Crippen LogP contribution is -2.44. The molecule has 40 heavy (non-hydrogen) atoms. The lowest BCUT2D eigenvalue weighted by Gasteiger charge is -2.32. The normalized spacial score (nSPS) is 16.4. The van der Waals surface area contributed by atoms with Crippen molar-refractivity contribution in [3.8, 4) is 16.9 Å². The van der Waals surface area contributed by atoms with Crippen molar-refractivity contribution in [1.82, 2.24) is 19.0 Å². The molecule has 2 aromatic carbocycles. The second kappa shape index (κ2) is 11.7. The van der Waals surface area contributed by atoms with Crippen LogP contribution in [-0.2, 0) is 19.5 Å². The quantitative estimate of drug-likeness (QED) is 0.276. The number of H-pyrrole nitrogens is 1. The van der Waals surface area contributed by atoms with Gasteiger partial charge in [0.15, 0.2) is 0 Å². The van der Waals surface area contributed by atoms with Gasteiger partial charge in [0.2, 0.25) is 0 Å². The van der Waals surface area contributed by atoms with Crippen LogP contribution in [0.2, 0.25) is 5.02 Å². The van der Waals surface area contributed by atoms with Gasteiger partial charge in [0.1, 0.15) is 5.75 Å². The third kappa shape index (κ3) is 5.25. The minimum Gasteiger partial charge on any atom is -0.497 e. The zero-order chi connectivity index (χ0) is 27.6. The van der Waals surface area contributed by atoms with Gasteiger partial charge < -0.3 is 14.6 Å². The molecule has 1 saturated heterocycles. The molecule has 2 aromatic heterocycles. The summed E-state index contributed by atoms with van der Waals surface area (Å²) in [6.45, 7) is 4.23. The van der Waals surface area contributed by atoms with Gasteiger partial charge in [-0.25, -0.2) is 4.79 Å². The number of likely N-dealkylation sites (tertiary alicyclic amines) is 1. The molecule has 210 valence electrons. The van der Waals surface area contributed by atoms with E-state index in [1.807, 2.05) is 34.9 Å². The van der Waals surface area contributed by atoms with E-state index >= 15 is 0 Å². The first-order valence-electron chi connectivity index (χ1n) is 14.5. The Bertz CT molecular complexity index is 1610. The minimum atomic E-state index is -0.170. The van der Waals surface area contributed by atoms with Crippen LogP contribution >= 0.6 is 11.6 Å². The second-order valence-electron chi connectivity index (χ2n) is 11.2. The predicted octanol–water partition coefficient (Wildman–Crippen LogP) is 5.82. The van der Waals surface area contributed by atoms with Crippen molar-refractivity contribution in [2.24, 2.45) is 0 Å². The van der Waals surface area contributed by atoms with Crippen LogP contribution in [0, 0.1) is 0 Å². The van der Waals surface area contributed by atoms with Crippen molar-refractivity contribution in [2.75, 3.05) is 26.7 Å². The van der Waals surface area contributed by atoms with Crippen molar-refractivity contribution in [3.05, 3.63) is 85.8 Å². The number of ether oxygens (including phenoxy) is 1. The number of unbranched alkanes of at least 4 members (excludes halogenated alkanes) is 1. The highest BCUT2D eigenvalue weighted by atomic mass is 35.5. The van der Waals surface area contributed by atoms with Gasteiger partial charge >= 0.3 is 5.69 Å². The summed E-state index contributed by atoms with van der Waals surface area (Å²) in [5.74, 6) is 1.43. The summed E-state index contributed by atoms with van der Waals surface area (Å²) in [6.07, 6.45) is 8.89. The fourth-order valence-electron chi connectivity index (χ4n) is 6.56. The highest BCUT2D eigenvalue weighted by Crippen LogP contribution is 2.34. The highest BCUT2D eigenvalue weighted by Gasteiger charge is 2.24. The SMILES string of the molecule is COc1ccc2[nH]cc(C3CCN(CCCCn4c(=O)c(-c5ccc(Cl)cc5)c5n(c4=O)CCCC5)CC3)c2c1. The molecule has 0 aliphatic carbocycles. The standard InChI is InChI=1S/C32H37ClN4O3/c1-40-25-11-12-28-26(20-25)27(21-34-28)22-13-18-35(19-14-22)15-4-5-17-37-31(38)30(23-7-9-24(33)10-8-23)29-6-2-3-16-36(29)32(37)39/h7-12,20-22,34H,2-6,13-19H2,1H3. The fourth-order valence-corrected chi connectivity index (χ4v) is 6.68. The molecule has 2 aliphatic rings. The van der Waals surface area contributed by atoms with Gasteiger partial charge in [0, 0.05) is 40.9 Å². The molecule has 4 heterocycles. The molecule has 1 fully saturated rings. The average molecular weight is 561 g/mol. The van der Waals surface area contributed by atoms with Gasteiger partial charge in [-0.3, -0.25) is 13.9 Å². The Morgan fingerprint density at radius 1 is 0.975 bits per heavy atom. The first-order valence-corrected chi connectivity index (χ1v) is 14.9. The first-order chi connectivity index (χ1) is 19.5. The molecule has 8 heteroatoms. The molecule has 0 radical (unpaired) electrons. The Labute approximate surface area is 239 Å². The predicted molar refractivity (Wildman–Crippen MR) is 161 cm³/mol. The summed E-state index contributed by atoms with van der Waals surface area (Å²) < 4.78 is 8.75. The number of hydrogen-bond acceptors (Lipinski definition) is 4. The van der Waals surface area contributed by atoms with Gasteiger partial charge in [-0.1, -0.05) is 23.7 Å². The molecule has 0 saturated carbocycles. The van der Waals surface area contributed by atoms with Gasteiger partial charge in [-0.05, 0) is 112 Å². The number of nitrogens with one attached hydrogen (secondary N) is 1. The molecular weight excluding hydrogens is 524 g/mol. The Kier molecular flexibility index (Phi) is 7.85. The lowest BCUT2D eigenvalue weighted by atomic mass is 9.89. The maximum atomic E-state index is 13.6. The van der Waals surface area contributed by atoms with Crippen LogP contribution in [0.25, 0.3) is 22.0 Å². The summed E-state index contributed by atoms with van der Waals surface area (Å²) in [7, 11) is 1.71. The molecule has 1 N–H and O–H groups in total. The number of nitrogens with zero attached hydrogens (tertiary/aromatic N) is 3. The van der Waals surface area contributed by atoms with E-state index < -0.39 is 0 Å². The smallest absolute Gasteiger partial charge is 0.331 e. The second-order valence-corrected chi connectivity index (χ2v) is 11.6. The molecule has 7 nitrogen and oxygen atoms in total. The van der Waals surface area contributed by atoms with Crippen LogP contribution in [0.15, 0.2) is 58.3 Å². The van der Waals surface area contributed by atoms with Crippen LogP contribution in [0.4, 0.5) is 0 Å². The van der Waals surface area contributed by atoms with Crippen LogP contribution in [0.3, 0.4) is 0 Å². The van der Waals surface area contributed by atoms with Crippen LogP contribution in [0.5, 0.6) is 5.75 Å². The molecule has 0 spiro atoms. The Morgan fingerprint density at radius 2 is 1.75 bits per heavy atom. The largest absolute Gasteiger partial charge is 0.497 e. The van der Waals surface area contributed by atoms with Crippen LogP contribution < -0.4 is 16.0 Å². The van der Waals surface area contributed by atoms with Crippen molar-refractivity contribution in [3.63, 3.8) is 0 Å². The van der Waals surface area contributed by atoms with Crippen molar-refractivity contribution >= 4 is 22.5 Å². The fraction of sp³-hybridized carbons (Fsp3) is 0.438. The number of fused-ring (bicyclic) bond motifs is 2. The minimum absolute atomic E-state index is 0.159. The molecule has 0 amide bonds. The van der Waals surface area contributed by atoms with E-state index in [0.717, 1.165) is 87.1 Å². The molecule has 0 unspecified atom stereocenters. The number of piperidine rings is 1. The van der Waals surface area contributed by atoms with E-state index in [9.17, 15) is 9.59 Å². The van der Waals surface area contributed by atoms with E-state index in [2.05, 4.69) is 28.2 Å². The molecule has 4 aromatic rings. The summed E-state index contributed by atoms with van der Waals surface area (Å²) >= 11 is 6.11. The number of aromatic amines is 1. The maximum Gasteiger partial charge on any atom is 0.331 e. The van der Waals surface area contributed by atoms with Crippen molar-refractivity contribution in [2.45, 2.75) is 64.0 Å². The first kappa shape index (κ1) is 26.9. The van der Waals surface area contributed by atoms with Gasteiger partial charge in [0.05, 0.1) is 12.7 Å². The number of hydrogen-bond donors (Lipinski definition) is 1. The van der Waals surface area contributed by atoms with Crippen LogP contribution in [0.1, 0.15) is 55.7 Å². The van der Waals surface area contributed by atoms with Gasteiger partial charge in [-0.2, -0.15) is 0 Å². The van der Waals surface area contributed by atoms with Crippen molar-refractivity contribution < 1.29 is 4.74 Å².